The van der Waals surface area contributed by atoms with Gasteiger partial charge >= 0.3 is 6.09 Å². The molecule has 0 radical (unpaired) electrons. The SMILES string of the molecule is Nc1c(F)cc(F)cc1-c1ccc2ncc(-c3cc(F)cc(F)c3)c(N3CCC(NC(=O)O)CC3)c2c1. The van der Waals surface area contributed by atoms with E-state index in [0.29, 0.717) is 59.7 Å². The van der Waals surface area contributed by atoms with E-state index >= 15 is 0 Å². The molecule has 190 valence electrons. The fourth-order valence-electron chi connectivity index (χ4n) is 4.85. The van der Waals surface area contributed by atoms with Gasteiger partial charge in [0.2, 0.25) is 0 Å². The number of anilines is 2. The molecule has 1 aromatic heterocycles. The summed E-state index contributed by atoms with van der Waals surface area (Å²) in [5.41, 5.74) is 8.23. The number of amides is 1. The quantitative estimate of drug-likeness (QED) is 0.233. The minimum absolute atomic E-state index is 0.164. The number of nitrogens with zero attached hydrogens (tertiary/aromatic N) is 2. The first-order valence-corrected chi connectivity index (χ1v) is 11.6. The van der Waals surface area contributed by atoms with E-state index in [-0.39, 0.29) is 22.9 Å². The summed E-state index contributed by atoms with van der Waals surface area (Å²) in [6, 6.07) is 9.83. The first-order chi connectivity index (χ1) is 17.7. The summed E-state index contributed by atoms with van der Waals surface area (Å²) in [5, 5.41) is 12.2. The zero-order valence-electron chi connectivity index (χ0n) is 19.4. The molecule has 1 aliphatic heterocycles. The molecule has 0 unspecified atom stereocenters. The maximum absolute atomic E-state index is 14.2. The van der Waals surface area contributed by atoms with E-state index < -0.39 is 29.4 Å². The molecule has 3 aromatic carbocycles. The van der Waals surface area contributed by atoms with Crippen molar-refractivity contribution in [3.63, 3.8) is 0 Å². The lowest BCUT2D eigenvalue weighted by molar-refractivity contribution is 0.187. The number of hydrogen-bond donors (Lipinski definition) is 3. The molecule has 0 atom stereocenters. The fourth-order valence-corrected chi connectivity index (χ4v) is 4.85. The Morgan fingerprint density at radius 1 is 0.919 bits per heavy atom. The maximum Gasteiger partial charge on any atom is 0.404 e. The lowest BCUT2D eigenvalue weighted by Gasteiger charge is -2.35. The number of nitrogens with one attached hydrogen (secondary N) is 1. The highest BCUT2D eigenvalue weighted by molar-refractivity contribution is 6.02. The lowest BCUT2D eigenvalue weighted by Crippen LogP contribution is -2.44. The standard InChI is InChI=1S/C27H22F4N4O2/c28-16-7-15(8-17(29)10-16)22-13-33-24-2-1-14(20-11-18(30)12-23(31)25(20)32)9-21(24)26(22)35-5-3-19(4-6-35)34-27(36)37/h1-2,7-13,19,34H,3-6,32H2,(H,36,37). The Morgan fingerprint density at radius 3 is 2.27 bits per heavy atom. The molecule has 0 bridgehead atoms. The fraction of sp³-hybridized carbons (Fsp3) is 0.185. The average molecular weight is 510 g/mol. The number of piperidine rings is 1. The normalized spacial score (nSPS) is 14.2. The molecule has 1 fully saturated rings. The van der Waals surface area contributed by atoms with Gasteiger partial charge in [0.15, 0.2) is 0 Å². The molecule has 4 aromatic rings. The Hall–Kier alpha value is -4.34. The van der Waals surface area contributed by atoms with Gasteiger partial charge in [0.25, 0.3) is 0 Å². The third-order valence-electron chi connectivity index (χ3n) is 6.56. The van der Waals surface area contributed by atoms with Crippen LogP contribution in [0.3, 0.4) is 0 Å². The predicted molar refractivity (Wildman–Crippen MR) is 133 cm³/mol. The molecule has 37 heavy (non-hydrogen) atoms. The number of benzene rings is 3. The van der Waals surface area contributed by atoms with Gasteiger partial charge in [-0.3, -0.25) is 4.98 Å². The van der Waals surface area contributed by atoms with Crippen molar-refractivity contribution in [3.05, 3.63) is 78.0 Å². The van der Waals surface area contributed by atoms with Gasteiger partial charge in [-0.15, -0.1) is 0 Å². The predicted octanol–water partition coefficient (Wildman–Crippen LogP) is 5.94. The van der Waals surface area contributed by atoms with E-state index in [4.69, 9.17) is 10.8 Å². The van der Waals surface area contributed by atoms with E-state index in [1.165, 1.54) is 18.3 Å². The van der Waals surface area contributed by atoms with Crippen molar-refractivity contribution in [2.75, 3.05) is 23.7 Å². The Balaban J connectivity index is 1.69. The van der Waals surface area contributed by atoms with Crippen molar-refractivity contribution in [2.24, 2.45) is 0 Å². The highest BCUT2D eigenvalue weighted by atomic mass is 19.1. The first-order valence-electron chi connectivity index (χ1n) is 11.6. The molecule has 0 spiro atoms. The van der Waals surface area contributed by atoms with Crippen LogP contribution in [-0.2, 0) is 0 Å². The Kier molecular flexibility index (Phi) is 6.32. The van der Waals surface area contributed by atoms with Gasteiger partial charge in [-0.25, -0.2) is 22.4 Å². The summed E-state index contributed by atoms with van der Waals surface area (Å²) in [5.74, 6) is -3.16. The first kappa shape index (κ1) is 24.4. The van der Waals surface area contributed by atoms with Crippen LogP contribution in [0.25, 0.3) is 33.2 Å². The third-order valence-corrected chi connectivity index (χ3v) is 6.56. The number of nitrogen functional groups attached to an aromatic ring is 1. The largest absolute Gasteiger partial charge is 0.465 e. The molecule has 6 nitrogen and oxygen atoms in total. The van der Waals surface area contributed by atoms with Crippen molar-refractivity contribution in [1.82, 2.24) is 10.3 Å². The number of halogens is 4. The van der Waals surface area contributed by atoms with Crippen molar-refractivity contribution in [2.45, 2.75) is 18.9 Å². The zero-order chi connectivity index (χ0) is 26.3. The number of hydrogen-bond acceptors (Lipinski definition) is 4. The summed E-state index contributed by atoms with van der Waals surface area (Å²) >= 11 is 0. The smallest absolute Gasteiger partial charge is 0.404 e. The van der Waals surface area contributed by atoms with Gasteiger partial charge in [-0.1, -0.05) is 6.07 Å². The van der Waals surface area contributed by atoms with E-state index in [9.17, 15) is 22.4 Å². The van der Waals surface area contributed by atoms with Gasteiger partial charge in [0.05, 0.1) is 16.9 Å². The number of fused-ring (bicyclic) bond motifs is 1. The van der Waals surface area contributed by atoms with Crippen molar-refractivity contribution in [1.29, 1.82) is 0 Å². The summed E-state index contributed by atoms with van der Waals surface area (Å²) in [7, 11) is 0. The van der Waals surface area contributed by atoms with Crippen LogP contribution >= 0.6 is 0 Å². The molecule has 5 rings (SSSR count). The summed E-state index contributed by atoms with van der Waals surface area (Å²) in [6.07, 6.45) is 1.45. The third kappa shape index (κ3) is 4.87. The maximum atomic E-state index is 14.2. The molecule has 2 heterocycles. The number of rotatable bonds is 4. The van der Waals surface area contributed by atoms with E-state index in [0.717, 1.165) is 12.1 Å². The molecule has 1 aliphatic rings. The van der Waals surface area contributed by atoms with Gasteiger partial charge in [0.1, 0.15) is 23.3 Å². The number of carbonyl (C=O) groups is 1. The second kappa shape index (κ2) is 9.61. The lowest BCUT2D eigenvalue weighted by atomic mass is 9.95. The molecule has 0 saturated carbocycles. The number of nitrogens with two attached hydrogens (primary N) is 1. The van der Waals surface area contributed by atoms with Crippen LogP contribution in [0.2, 0.25) is 0 Å². The van der Waals surface area contributed by atoms with Crippen LogP contribution in [-0.4, -0.2) is 35.3 Å². The van der Waals surface area contributed by atoms with Crippen LogP contribution in [0.5, 0.6) is 0 Å². The highest BCUT2D eigenvalue weighted by Gasteiger charge is 2.25. The molecule has 1 saturated heterocycles. The van der Waals surface area contributed by atoms with Crippen molar-refractivity contribution in [3.8, 4) is 22.3 Å². The van der Waals surface area contributed by atoms with Crippen molar-refractivity contribution >= 4 is 28.4 Å². The summed E-state index contributed by atoms with van der Waals surface area (Å²) in [4.78, 5) is 17.6. The number of pyridine rings is 1. The van der Waals surface area contributed by atoms with E-state index in [2.05, 4.69) is 10.3 Å². The molecule has 10 heteroatoms. The second-order valence-electron chi connectivity index (χ2n) is 8.97. The molecule has 4 N–H and O–H groups in total. The van der Waals surface area contributed by atoms with Crippen LogP contribution < -0.4 is 16.0 Å². The van der Waals surface area contributed by atoms with Crippen molar-refractivity contribution < 1.29 is 27.5 Å². The second-order valence-corrected chi connectivity index (χ2v) is 8.97. The summed E-state index contributed by atoms with van der Waals surface area (Å²) < 4.78 is 56.5. The van der Waals surface area contributed by atoms with Crippen LogP contribution in [0.1, 0.15) is 12.8 Å². The average Bonchev–Trinajstić information content (AvgIpc) is 2.85. The zero-order valence-corrected chi connectivity index (χ0v) is 19.4. The van der Waals surface area contributed by atoms with Gasteiger partial charge in [0, 0.05) is 54.0 Å². The molecule has 1 amide bonds. The Bertz CT molecular complexity index is 1500. The van der Waals surface area contributed by atoms with Gasteiger partial charge < -0.3 is 21.1 Å². The van der Waals surface area contributed by atoms with E-state index in [1.807, 2.05) is 4.90 Å². The van der Waals surface area contributed by atoms with E-state index in [1.54, 1.807) is 18.2 Å². The Morgan fingerprint density at radius 2 is 1.59 bits per heavy atom. The monoisotopic (exact) mass is 510 g/mol. The number of aromatic nitrogens is 1. The highest BCUT2D eigenvalue weighted by Crippen LogP contribution is 2.40. The molecular formula is C27H22F4N4O2. The van der Waals surface area contributed by atoms with Crippen LogP contribution in [0.15, 0.2) is 54.7 Å². The van der Waals surface area contributed by atoms with Crippen LogP contribution in [0.4, 0.5) is 33.7 Å². The van der Waals surface area contributed by atoms with Gasteiger partial charge in [-0.05, 0) is 54.3 Å². The Labute approximate surface area is 209 Å². The number of carboxylic acid groups (broad SMARTS) is 1. The van der Waals surface area contributed by atoms with Gasteiger partial charge in [-0.2, -0.15) is 0 Å². The minimum atomic E-state index is -1.10. The molecule has 0 aliphatic carbocycles. The minimum Gasteiger partial charge on any atom is -0.465 e. The molecular weight excluding hydrogens is 488 g/mol. The topological polar surface area (TPSA) is 91.5 Å². The summed E-state index contributed by atoms with van der Waals surface area (Å²) in [6.45, 7) is 0.908. The van der Waals surface area contributed by atoms with Crippen LogP contribution in [0, 0.1) is 23.3 Å².